The quantitative estimate of drug-likeness (QED) is 0.0825. The van der Waals surface area contributed by atoms with E-state index >= 15 is 0 Å². The van der Waals surface area contributed by atoms with Crippen molar-refractivity contribution >= 4 is 8.53 Å². The van der Waals surface area contributed by atoms with Crippen LogP contribution in [0.15, 0.2) is 0 Å². The molecular weight excluding hydrogens is 437 g/mol. The van der Waals surface area contributed by atoms with Crippen LogP contribution in [0.4, 0.5) is 0 Å². The molecule has 0 aromatic carbocycles. The van der Waals surface area contributed by atoms with Gasteiger partial charge in [0, 0.05) is 12.1 Å². The van der Waals surface area contributed by atoms with E-state index in [0.717, 1.165) is 19.6 Å². The van der Waals surface area contributed by atoms with Crippen LogP contribution in [-0.4, -0.2) is 30.0 Å². The molecule has 0 amide bonds. The summed E-state index contributed by atoms with van der Waals surface area (Å²) in [7, 11) is -0.939. The predicted octanol–water partition coefficient (Wildman–Crippen LogP) is 11.2. The molecule has 0 aromatic rings. The molecule has 0 aliphatic heterocycles. The summed E-state index contributed by atoms with van der Waals surface area (Å²) in [6, 6.07) is 0.902. The van der Waals surface area contributed by atoms with E-state index in [1.54, 1.807) is 0 Å². The molecule has 3 nitrogen and oxygen atoms in total. The summed E-state index contributed by atoms with van der Waals surface area (Å²) in [6.45, 7) is 15.3. The van der Waals surface area contributed by atoms with Crippen LogP contribution in [0.25, 0.3) is 0 Å². The molecule has 0 heterocycles. The second-order valence-electron chi connectivity index (χ2n) is 10.8. The Morgan fingerprint density at radius 3 is 0.971 bits per heavy atom. The van der Waals surface area contributed by atoms with Gasteiger partial charge in [-0.2, -0.15) is 0 Å². The molecule has 0 saturated carbocycles. The maximum absolute atomic E-state index is 6.35. The Balaban J connectivity index is 3.86. The van der Waals surface area contributed by atoms with Crippen LogP contribution in [0.5, 0.6) is 0 Å². The standard InChI is InChI=1S/C30H64NO2P/c1-7-9-11-13-15-16-17-18-19-20-21-22-24-26-28-33-34(31(29(3)4)30(5)6)32-27-25-23-14-12-10-8-2/h29-30H,7-28H2,1-6H3. The van der Waals surface area contributed by atoms with E-state index in [1.807, 2.05) is 0 Å². The third-order valence-corrected chi connectivity index (χ3v) is 8.75. The number of rotatable bonds is 27. The van der Waals surface area contributed by atoms with Crippen LogP contribution < -0.4 is 0 Å². The fourth-order valence-corrected chi connectivity index (χ4v) is 6.27. The van der Waals surface area contributed by atoms with E-state index in [1.165, 1.54) is 122 Å². The monoisotopic (exact) mass is 501 g/mol. The van der Waals surface area contributed by atoms with E-state index in [9.17, 15) is 0 Å². The van der Waals surface area contributed by atoms with Crippen molar-refractivity contribution < 1.29 is 9.05 Å². The highest BCUT2D eigenvalue weighted by molar-refractivity contribution is 7.44. The first kappa shape index (κ1) is 34.3. The third kappa shape index (κ3) is 21.6. The largest absolute Gasteiger partial charge is 0.322 e. The Morgan fingerprint density at radius 2 is 0.706 bits per heavy atom. The Kier molecular flexibility index (Phi) is 26.6. The maximum Gasteiger partial charge on any atom is 0.259 e. The van der Waals surface area contributed by atoms with E-state index in [-0.39, 0.29) is 0 Å². The molecule has 0 bridgehead atoms. The predicted molar refractivity (Wildman–Crippen MR) is 155 cm³/mol. The lowest BCUT2D eigenvalue weighted by Crippen LogP contribution is -2.33. The molecule has 0 radical (unpaired) electrons. The lowest BCUT2D eigenvalue weighted by atomic mass is 10.0. The molecule has 0 aromatic heterocycles. The fraction of sp³-hybridized carbons (Fsp3) is 1.00. The van der Waals surface area contributed by atoms with Gasteiger partial charge in [-0.1, -0.05) is 129 Å². The van der Waals surface area contributed by atoms with Gasteiger partial charge in [0.05, 0.1) is 13.2 Å². The van der Waals surface area contributed by atoms with Crippen LogP contribution in [0.1, 0.15) is 170 Å². The minimum Gasteiger partial charge on any atom is -0.322 e. The van der Waals surface area contributed by atoms with E-state index in [0.29, 0.717) is 12.1 Å². The van der Waals surface area contributed by atoms with Crippen molar-refractivity contribution in [1.29, 1.82) is 0 Å². The van der Waals surface area contributed by atoms with Crippen LogP contribution >= 0.6 is 8.53 Å². The maximum atomic E-state index is 6.35. The van der Waals surface area contributed by atoms with Crippen LogP contribution in [-0.2, 0) is 9.05 Å². The van der Waals surface area contributed by atoms with Crippen LogP contribution in [0.3, 0.4) is 0 Å². The Labute approximate surface area is 217 Å². The van der Waals surface area contributed by atoms with Crippen molar-refractivity contribution in [3.8, 4) is 0 Å². The average Bonchev–Trinajstić information content (AvgIpc) is 2.80. The zero-order valence-electron chi connectivity index (χ0n) is 24.4. The molecule has 0 aliphatic rings. The van der Waals surface area contributed by atoms with Crippen molar-refractivity contribution in [3.63, 3.8) is 0 Å². The van der Waals surface area contributed by atoms with Gasteiger partial charge in [0.2, 0.25) is 0 Å². The van der Waals surface area contributed by atoms with Gasteiger partial charge in [0.1, 0.15) is 0 Å². The molecular formula is C30H64NO2P. The molecule has 4 heteroatoms. The van der Waals surface area contributed by atoms with Crippen LogP contribution in [0, 0.1) is 0 Å². The second kappa shape index (κ2) is 26.4. The third-order valence-electron chi connectivity index (χ3n) is 6.65. The molecule has 0 fully saturated rings. The van der Waals surface area contributed by atoms with E-state index in [4.69, 9.17) is 9.05 Å². The zero-order valence-corrected chi connectivity index (χ0v) is 25.3. The first-order valence-electron chi connectivity index (χ1n) is 15.4. The molecule has 0 N–H and O–H groups in total. The number of unbranched alkanes of at least 4 members (excludes halogenated alkanes) is 18. The van der Waals surface area contributed by atoms with Crippen molar-refractivity contribution in [2.45, 2.75) is 182 Å². The molecule has 34 heavy (non-hydrogen) atoms. The summed E-state index contributed by atoms with van der Waals surface area (Å²) in [5, 5.41) is 0. The van der Waals surface area contributed by atoms with Gasteiger partial charge in [0.25, 0.3) is 8.53 Å². The highest BCUT2D eigenvalue weighted by atomic mass is 31.2. The van der Waals surface area contributed by atoms with Gasteiger partial charge in [-0.05, 0) is 40.5 Å². The van der Waals surface area contributed by atoms with E-state index < -0.39 is 8.53 Å². The summed E-state index contributed by atoms with van der Waals surface area (Å²) in [5.74, 6) is 0. The summed E-state index contributed by atoms with van der Waals surface area (Å²) in [5.41, 5.74) is 0. The van der Waals surface area contributed by atoms with Gasteiger partial charge >= 0.3 is 0 Å². The first-order valence-corrected chi connectivity index (χ1v) is 16.5. The number of hydrogen-bond acceptors (Lipinski definition) is 3. The zero-order chi connectivity index (χ0) is 25.3. The number of nitrogens with zero attached hydrogens (tertiary/aromatic N) is 1. The fourth-order valence-electron chi connectivity index (χ4n) is 4.61. The molecule has 1 unspecified atom stereocenters. The van der Waals surface area contributed by atoms with Crippen molar-refractivity contribution in [1.82, 2.24) is 4.67 Å². The lowest BCUT2D eigenvalue weighted by molar-refractivity contribution is 0.170. The smallest absolute Gasteiger partial charge is 0.259 e. The molecule has 0 aliphatic carbocycles. The van der Waals surface area contributed by atoms with Crippen LogP contribution in [0.2, 0.25) is 0 Å². The molecule has 0 saturated heterocycles. The second-order valence-corrected chi connectivity index (χ2v) is 12.3. The Hall–Kier alpha value is 0.310. The Bertz CT molecular complexity index is 384. The normalized spacial score (nSPS) is 13.0. The van der Waals surface area contributed by atoms with Crippen molar-refractivity contribution in [2.75, 3.05) is 13.2 Å². The summed E-state index contributed by atoms with van der Waals surface area (Å²) < 4.78 is 15.1. The van der Waals surface area contributed by atoms with Gasteiger partial charge in [-0.25, -0.2) is 4.67 Å². The molecule has 0 rings (SSSR count). The van der Waals surface area contributed by atoms with Gasteiger partial charge in [-0.15, -0.1) is 0 Å². The van der Waals surface area contributed by atoms with Crippen molar-refractivity contribution in [3.05, 3.63) is 0 Å². The molecule has 1 atom stereocenters. The average molecular weight is 502 g/mol. The summed E-state index contributed by atoms with van der Waals surface area (Å²) in [4.78, 5) is 0. The highest BCUT2D eigenvalue weighted by Crippen LogP contribution is 2.46. The van der Waals surface area contributed by atoms with Gasteiger partial charge in [0.15, 0.2) is 0 Å². The van der Waals surface area contributed by atoms with E-state index in [2.05, 4.69) is 46.2 Å². The molecule has 0 spiro atoms. The summed E-state index contributed by atoms with van der Waals surface area (Å²) >= 11 is 0. The van der Waals surface area contributed by atoms with Gasteiger partial charge in [-0.3, -0.25) is 0 Å². The molecule has 206 valence electrons. The Morgan fingerprint density at radius 1 is 0.441 bits per heavy atom. The highest BCUT2D eigenvalue weighted by Gasteiger charge is 2.26. The SMILES string of the molecule is CCCCCCCCCCCCCCCCOP(OCCCCCCCC)N(C(C)C)C(C)C. The lowest BCUT2D eigenvalue weighted by Gasteiger charge is -2.35. The summed E-state index contributed by atoms with van der Waals surface area (Å²) in [6.07, 6.45) is 27.4. The minimum absolute atomic E-state index is 0.451. The topological polar surface area (TPSA) is 21.7 Å². The minimum atomic E-state index is -0.939. The number of hydrogen-bond donors (Lipinski definition) is 0. The first-order chi connectivity index (χ1) is 16.5. The van der Waals surface area contributed by atoms with Gasteiger partial charge < -0.3 is 9.05 Å². The van der Waals surface area contributed by atoms with Crippen molar-refractivity contribution in [2.24, 2.45) is 0 Å².